The fourth-order valence-electron chi connectivity index (χ4n) is 17.6. The molecular weight excluding hydrogens is 1120 g/mol. The first-order valence-corrected chi connectivity index (χ1v) is 33.5. The molecule has 0 N–H and O–H groups in total. The summed E-state index contributed by atoms with van der Waals surface area (Å²) in [6, 6.07) is 127. The highest BCUT2D eigenvalue weighted by Crippen LogP contribution is 2.61. The zero-order chi connectivity index (χ0) is 61.7. The van der Waals surface area contributed by atoms with Gasteiger partial charge in [0.15, 0.2) is 0 Å². The van der Waals surface area contributed by atoms with Crippen molar-refractivity contribution in [3.8, 4) is 55.6 Å². The predicted molar refractivity (Wildman–Crippen MR) is 391 cm³/mol. The SMILES string of the molecule is c1ccc(-c2c(-c3ccc(N(c4ccccc4)C45CC6CC(CC(C6)C4)C5)cc3)ccc3ccccc23)cc1.c1ccc(-c2c(-c3ccc(N(c4ccccc4)c4ccc(C5(c6ccccc6)c6ccccc6-c6ccccc65)cc4)cc3)ccc3ccccc23)cc1. The smallest absolute Gasteiger partial charge is 0.0713 e. The van der Waals surface area contributed by atoms with Crippen LogP contribution in [0, 0.1) is 17.8 Å². The van der Waals surface area contributed by atoms with Crippen molar-refractivity contribution in [3.05, 3.63) is 368 Å². The first-order valence-electron chi connectivity index (χ1n) is 33.5. The van der Waals surface area contributed by atoms with Gasteiger partial charge in [-0.3, -0.25) is 0 Å². The van der Waals surface area contributed by atoms with Gasteiger partial charge in [0.1, 0.15) is 0 Å². The van der Waals surface area contributed by atoms with E-state index in [1.54, 1.807) is 0 Å². The van der Waals surface area contributed by atoms with Crippen molar-refractivity contribution in [2.75, 3.05) is 9.80 Å². The molecule has 2 nitrogen and oxygen atoms in total. The van der Waals surface area contributed by atoms with Crippen molar-refractivity contribution in [3.63, 3.8) is 0 Å². The minimum absolute atomic E-state index is 0.260. The molecule has 0 saturated heterocycles. The second-order valence-corrected chi connectivity index (χ2v) is 26.5. The Morgan fingerprint density at radius 2 is 0.591 bits per heavy atom. The molecule has 0 aromatic heterocycles. The van der Waals surface area contributed by atoms with Gasteiger partial charge in [-0.15, -0.1) is 0 Å². The van der Waals surface area contributed by atoms with E-state index in [2.05, 4.69) is 356 Å². The van der Waals surface area contributed by atoms with Gasteiger partial charge in [0.05, 0.1) is 5.41 Å². The minimum Gasteiger partial charge on any atom is -0.335 e. The van der Waals surface area contributed by atoms with E-state index in [0.29, 0.717) is 0 Å². The molecule has 0 unspecified atom stereocenters. The normalized spacial score (nSPS) is 17.9. The summed E-state index contributed by atoms with van der Waals surface area (Å²) in [6.07, 6.45) is 8.43. The van der Waals surface area contributed by atoms with Crippen LogP contribution in [0.1, 0.15) is 60.8 Å². The Morgan fingerprint density at radius 3 is 1.06 bits per heavy atom. The van der Waals surface area contributed by atoms with Gasteiger partial charge in [-0.05, 0) is 216 Å². The molecule has 4 bridgehead atoms. The molecule has 93 heavy (non-hydrogen) atoms. The molecular formula is C91H72N2. The minimum atomic E-state index is -0.428. The van der Waals surface area contributed by atoms with E-state index in [9.17, 15) is 0 Å². The van der Waals surface area contributed by atoms with Crippen LogP contribution in [0.3, 0.4) is 0 Å². The zero-order valence-corrected chi connectivity index (χ0v) is 52.3. The van der Waals surface area contributed by atoms with E-state index < -0.39 is 5.41 Å². The average molecular weight is 1190 g/mol. The number of nitrogens with zero attached hydrogens (tertiary/aromatic N) is 2. The zero-order valence-electron chi connectivity index (χ0n) is 52.3. The first kappa shape index (κ1) is 56.2. The maximum Gasteiger partial charge on any atom is 0.0713 e. The number of fused-ring (bicyclic) bond motifs is 5. The Kier molecular flexibility index (Phi) is 14.4. The number of para-hydroxylation sites is 2. The van der Waals surface area contributed by atoms with Gasteiger partial charge in [-0.25, -0.2) is 0 Å². The van der Waals surface area contributed by atoms with Crippen molar-refractivity contribution in [1.82, 2.24) is 0 Å². The third kappa shape index (κ3) is 9.95. The van der Waals surface area contributed by atoms with E-state index >= 15 is 0 Å². The van der Waals surface area contributed by atoms with Crippen LogP contribution in [0.15, 0.2) is 346 Å². The monoisotopic (exact) mass is 1190 g/mol. The van der Waals surface area contributed by atoms with Gasteiger partial charge in [0, 0.05) is 34.0 Å². The summed E-state index contributed by atoms with van der Waals surface area (Å²) in [5.74, 6) is 2.73. The van der Waals surface area contributed by atoms with E-state index in [0.717, 1.165) is 34.8 Å². The van der Waals surface area contributed by atoms with Crippen molar-refractivity contribution in [2.45, 2.75) is 49.5 Å². The van der Waals surface area contributed by atoms with Crippen LogP contribution < -0.4 is 9.80 Å². The predicted octanol–water partition coefficient (Wildman–Crippen LogP) is 24.3. The van der Waals surface area contributed by atoms with E-state index in [4.69, 9.17) is 0 Å². The maximum absolute atomic E-state index is 2.75. The molecule has 14 aromatic carbocycles. The Bertz CT molecular complexity index is 4880. The van der Waals surface area contributed by atoms with Crippen molar-refractivity contribution < 1.29 is 0 Å². The van der Waals surface area contributed by atoms with Crippen molar-refractivity contribution >= 4 is 50.0 Å². The maximum atomic E-state index is 2.75. The van der Waals surface area contributed by atoms with Gasteiger partial charge >= 0.3 is 0 Å². The van der Waals surface area contributed by atoms with Crippen LogP contribution in [-0.4, -0.2) is 5.54 Å². The lowest BCUT2D eigenvalue weighted by Gasteiger charge is -2.61. The van der Waals surface area contributed by atoms with Crippen LogP contribution in [0.2, 0.25) is 0 Å². The second kappa shape index (κ2) is 23.8. The molecule has 0 aliphatic heterocycles. The molecule has 0 spiro atoms. The van der Waals surface area contributed by atoms with Gasteiger partial charge in [0.2, 0.25) is 0 Å². The number of benzene rings is 14. The highest BCUT2D eigenvalue weighted by molar-refractivity contribution is 6.05. The van der Waals surface area contributed by atoms with E-state index in [-0.39, 0.29) is 5.54 Å². The number of rotatable bonds is 12. The molecule has 4 saturated carbocycles. The summed E-state index contributed by atoms with van der Waals surface area (Å²) in [5, 5.41) is 5.10. The summed E-state index contributed by atoms with van der Waals surface area (Å²) >= 11 is 0. The largest absolute Gasteiger partial charge is 0.335 e. The molecule has 14 aromatic rings. The summed E-state index contributed by atoms with van der Waals surface area (Å²) in [5.41, 5.74) is 23.7. The number of hydrogen-bond acceptors (Lipinski definition) is 2. The first-order chi connectivity index (χ1) is 46.1. The summed E-state index contributed by atoms with van der Waals surface area (Å²) in [7, 11) is 0. The molecule has 0 radical (unpaired) electrons. The molecule has 0 atom stereocenters. The third-order valence-electron chi connectivity index (χ3n) is 21.1. The highest BCUT2D eigenvalue weighted by atomic mass is 15.2. The van der Waals surface area contributed by atoms with Crippen LogP contribution in [0.25, 0.3) is 77.2 Å². The van der Waals surface area contributed by atoms with Crippen LogP contribution in [0.4, 0.5) is 28.4 Å². The summed E-state index contributed by atoms with van der Waals surface area (Å²) in [4.78, 5) is 5.11. The Labute approximate surface area is 547 Å². The molecule has 19 rings (SSSR count). The molecule has 4 fully saturated rings. The van der Waals surface area contributed by atoms with Gasteiger partial charge < -0.3 is 9.80 Å². The molecule has 2 heteroatoms. The van der Waals surface area contributed by atoms with Crippen molar-refractivity contribution in [2.24, 2.45) is 17.8 Å². The van der Waals surface area contributed by atoms with Gasteiger partial charge in [-0.1, -0.05) is 285 Å². The Morgan fingerprint density at radius 1 is 0.247 bits per heavy atom. The van der Waals surface area contributed by atoms with Crippen molar-refractivity contribution in [1.29, 1.82) is 0 Å². The van der Waals surface area contributed by atoms with Crippen LogP contribution in [0.5, 0.6) is 0 Å². The van der Waals surface area contributed by atoms with E-state index in [1.165, 1.54) is 149 Å². The van der Waals surface area contributed by atoms with Gasteiger partial charge in [0.25, 0.3) is 0 Å². The quantitative estimate of drug-likeness (QED) is 0.120. The summed E-state index contributed by atoms with van der Waals surface area (Å²) < 4.78 is 0. The van der Waals surface area contributed by atoms with Gasteiger partial charge in [-0.2, -0.15) is 0 Å². The summed E-state index contributed by atoms with van der Waals surface area (Å²) in [6.45, 7) is 0. The van der Waals surface area contributed by atoms with Crippen LogP contribution in [-0.2, 0) is 5.41 Å². The molecule has 446 valence electrons. The van der Waals surface area contributed by atoms with E-state index in [1.807, 2.05) is 0 Å². The molecule has 0 heterocycles. The number of hydrogen-bond donors (Lipinski definition) is 0. The molecule has 0 amide bonds. The second-order valence-electron chi connectivity index (χ2n) is 26.5. The fraction of sp³-hybridized carbons (Fsp3) is 0.121. The molecule has 5 aliphatic rings. The standard InChI is InChI=1S/C53H37N.C38H35N/c1-4-17-40(18-5-1)52-46-23-11-10-16-38(46)30-37-47(52)39-28-33-44(34-29-39)54(43-21-8-3-9-22-43)45-35-31-42(32-36-45)53(41-19-6-2-7-20-41)50-26-14-12-24-48(50)49-25-13-15-27-51(49)53;1-3-10-32(11-4-1)37-35-14-8-7-9-30(35)17-20-36(37)31-15-18-34(19-16-31)39(33-12-5-2-6-13-33)38-24-27-21-28(25-38)23-29(22-27)26-38/h1-37H;1-20,27-29H,21-26H2. The Hall–Kier alpha value is -10.8. The lowest BCUT2D eigenvalue weighted by atomic mass is 9.52. The highest BCUT2D eigenvalue weighted by Gasteiger charge is 2.54. The Balaban J connectivity index is 0.000000149. The lowest BCUT2D eigenvalue weighted by Crippen LogP contribution is -2.58. The third-order valence-corrected chi connectivity index (χ3v) is 21.1. The fourth-order valence-corrected chi connectivity index (χ4v) is 17.6. The lowest BCUT2D eigenvalue weighted by molar-refractivity contribution is 0.000556. The topological polar surface area (TPSA) is 6.48 Å². The number of anilines is 5. The molecule has 5 aliphatic carbocycles. The average Bonchev–Trinajstić information content (AvgIpc) is 1.40. The van der Waals surface area contributed by atoms with Crippen LogP contribution >= 0.6 is 0 Å².